The number of fused-ring (bicyclic) bond motifs is 3. The molecule has 5 rings (SSSR count). The number of nitrogens with one attached hydrogen (secondary N) is 3. The van der Waals surface area contributed by atoms with E-state index in [0.29, 0.717) is 22.9 Å². The molecule has 5 atom stereocenters. The smallest absolute Gasteiger partial charge is 0.410 e. The van der Waals surface area contributed by atoms with E-state index in [1.165, 1.54) is 9.80 Å². The van der Waals surface area contributed by atoms with Crippen LogP contribution in [-0.2, 0) is 32.2 Å². The zero-order valence-electron chi connectivity index (χ0n) is 26.2. The van der Waals surface area contributed by atoms with Crippen molar-refractivity contribution in [2.24, 2.45) is 5.92 Å². The second kappa shape index (κ2) is 13.3. The van der Waals surface area contributed by atoms with Crippen LogP contribution in [0.4, 0.5) is 9.59 Å². The monoisotopic (exact) mass is 677 g/mol. The number of allylic oxidation sites excluding steroid dienone is 1. The Labute approximate surface area is 278 Å². The van der Waals surface area contributed by atoms with Gasteiger partial charge in [0.15, 0.2) is 0 Å². The molecular formula is C32H41Cl2N5O7. The second-order valence-corrected chi connectivity index (χ2v) is 14.5. The zero-order chi connectivity index (χ0) is 33.4. The number of urea groups is 1. The fraction of sp³-hybridized carbons (Fsp3) is 0.594. The van der Waals surface area contributed by atoms with Gasteiger partial charge in [0, 0.05) is 31.0 Å². The van der Waals surface area contributed by atoms with E-state index < -0.39 is 59.2 Å². The molecule has 0 spiro atoms. The molecule has 1 saturated carbocycles. The van der Waals surface area contributed by atoms with E-state index in [1.54, 1.807) is 12.1 Å². The highest BCUT2D eigenvalue weighted by Gasteiger charge is 2.61. The number of nitrogens with zero attached hydrogens (tertiary/aromatic N) is 2. The lowest BCUT2D eigenvalue weighted by Crippen LogP contribution is -2.58. The molecule has 0 radical (unpaired) electrons. The van der Waals surface area contributed by atoms with E-state index in [1.807, 2.05) is 32.9 Å². The Morgan fingerprint density at radius 1 is 1.07 bits per heavy atom. The van der Waals surface area contributed by atoms with Crippen molar-refractivity contribution < 1.29 is 33.8 Å². The average Bonchev–Trinajstić information content (AvgIpc) is 3.27. The minimum Gasteiger partial charge on any atom is -0.479 e. The van der Waals surface area contributed by atoms with Gasteiger partial charge in [0.2, 0.25) is 11.8 Å². The SMILES string of the molecule is CC(C)(C)NC(=O)N[C@H]1CCCCC/C=C/[C@@H]2C[C@@]2(C(=O)O)NC(=O)[C@@H]2C[C@@H](OC(=O)N3Cc4cc(Cl)c(Cl)cc4C3)CN2C1=O. The molecule has 3 heterocycles. The Hall–Kier alpha value is -3.51. The summed E-state index contributed by atoms with van der Waals surface area (Å²) in [4.78, 5) is 69.2. The standard InChI is InChI=1S/C32H41Cl2N5O7/c1-31(2,3)37-29(44)35-24-10-8-6-4-5-7-9-20-14-32(20,28(42)43)36-26(40)25-13-21(17-39(25)27(24)41)46-30(45)38-15-18-11-22(33)23(34)12-19(18)16-38/h7,9,11-12,20-21,24-25H,4-6,8,10,13-17H2,1-3H3,(H,36,40)(H,42,43)(H2,35,37,44)/b9-7+/t20-,21-,24+,25+,32-/m1/s1. The molecule has 5 amide bonds. The Kier molecular flexibility index (Phi) is 9.79. The first-order valence-corrected chi connectivity index (χ1v) is 16.5. The summed E-state index contributed by atoms with van der Waals surface area (Å²) in [5, 5.41) is 19.1. The third kappa shape index (κ3) is 7.54. The zero-order valence-corrected chi connectivity index (χ0v) is 27.7. The van der Waals surface area contributed by atoms with Crippen LogP contribution in [0.3, 0.4) is 0 Å². The highest BCUT2D eigenvalue weighted by atomic mass is 35.5. The van der Waals surface area contributed by atoms with Crippen LogP contribution in [0, 0.1) is 5.92 Å². The molecule has 0 bridgehead atoms. The molecule has 3 aliphatic heterocycles. The third-order valence-corrected chi connectivity index (χ3v) is 9.63. The van der Waals surface area contributed by atoms with Crippen molar-refractivity contribution in [2.45, 2.75) is 108 Å². The maximum absolute atomic E-state index is 14.1. The molecule has 46 heavy (non-hydrogen) atoms. The van der Waals surface area contributed by atoms with Gasteiger partial charge in [0.1, 0.15) is 23.7 Å². The molecule has 0 unspecified atom stereocenters. The first-order chi connectivity index (χ1) is 21.7. The predicted octanol–water partition coefficient (Wildman–Crippen LogP) is 4.36. The minimum absolute atomic E-state index is 0.0289. The lowest BCUT2D eigenvalue weighted by atomic mass is 10.0. The molecule has 4 aliphatic rings. The quantitative estimate of drug-likeness (QED) is 0.346. The lowest BCUT2D eigenvalue weighted by molar-refractivity contribution is -0.145. The van der Waals surface area contributed by atoms with E-state index in [4.69, 9.17) is 27.9 Å². The fourth-order valence-corrected chi connectivity index (χ4v) is 6.79. The number of carbonyl (C=O) groups excluding carboxylic acids is 4. The number of amides is 5. The summed E-state index contributed by atoms with van der Waals surface area (Å²) < 4.78 is 5.84. The number of hydrogen-bond acceptors (Lipinski definition) is 6. The summed E-state index contributed by atoms with van der Waals surface area (Å²) in [5.74, 6) is -2.65. The van der Waals surface area contributed by atoms with Crippen LogP contribution in [0.25, 0.3) is 0 Å². The van der Waals surface area contributed by atoms with Gasteiger partial charge < -0.3 is 30.7 Å². The highest BCUT2D eigenvalue weighted by Crippen LogP contribution is 2.45. The van der Waals surface area contributed by atoms with Crippen LogP contribution in [-0.4, -0.2) is 80.6 Å². The summed E-state index contributed by atoms with van der Waals surface area (Å²) in [6.45, 7) is 5.89. The van der Waals surface area contributed by atoms with Crippen molar-refractivity contribution in [2.75, 3.05) is 6.54 Å². The van der Waals surface area contributed by atoms with Crippen molar-refractivity contribution in [3.05, 3.63) is 45.5 Å². The molecule has 250 valence electrons. The van der Waals surface area contributed by atoms with Gasteiger partial charge >= 0.3 is 18.1 Å². The van der Waals surface area contributed by atoms with Crippen LogP contribution in [0.15, 0.2) is 24.3 Å². The summed E-state index contributed by atoms with van der Waals surface area (Å²) in [7, 11) is 0. The van der Waals surface area contributed by atoms with E-state index in [2.05, 4.69) is 16.0 Å². The van der Waals surface area contributed by atoms with Crippen LogP contribution in [0.1, 0.15) is 76.8 Å². The van der Waals surface area contributed by atoms with Gasteiger partial charge in [-0.15, -0.1) is 0 Å². The van der Waals surface area contributed by atoms with E-state index >= 15 is 0 Å². The molecule has 2 fully saturated rings. The van der Waals surface area contributed by atoms with E-state index in [9.17, 15) is 29.1 Å². The fourth-order valence-electron chi connectivity index (χ4n) is 6.42. The van der Waals surface area contributed by atoms with Gasteiger partial charge in [-0.2, -0.15) is 0 Å². The molecule has 1 saturated heterocycles. The van der Waals surface area contributed by atoms with Crippen LogP contribution >= 0.6 is 23.2 Å². The van der Waals surface area contributed by atoms with Crippen molar-refractivity contribution in [1.82, 2.24) is 25.8 Å². The number of halogens is 2. The Morgan fingerprint density at radius 2 is 1.74 bits per heavy atom. The molecule has 1 aromatic rings. The molecule has 4 N–H and O–H groups in total. The molecule has 1 aliphatic carbocycles. The van der Waals surface area contributed by atoms with Gasteiger partial charge in [-0.3, -0.25) is 14.5 Å². The largest absolute Gasteiger partial charge is 0.479 e. The Bertz CT molecular complexity index is 1420. The average molecular weight is 679 g/mol. The van der Waals surface area contributed by atoms with Crippen LogP contribution in [0.2, 0.25) is 10.0 Å². The molecule has 12 nitrogen and oxygen atoms in total. The second-order valence-electron chi connectivity index (χ2n) is 13.7. The number of carboxylic acid groups (broad SMARTS) is 1. The topological polar surface area (TPSA) is 157 Å². The highest BCUT2D eigenvalue weighted by molar-refractivity contribution is 6.42. The summed E-state index contributed by atoms with van der Waals surface area (Å²) in [6.07, 6.45) is 5.86. The van der Waals surface area contributed by atoms with Crippen molar-refractivity contribution in [3.63, 3.8) is 0 Å². The van der Waals surface area contributed by atoms with Crippen molar-refractivity contribution in [3.8, 4) is 0 Å². The molecular weight excluding hydrogens is 637 g/mol. The van der Waals surface area contributed by atoms with E-state index in [0.717, 1.165) is 30.4 Å². The number of benzene rings is 1. The number of hydrogen-bond donors (Lipinski definition) is 4. The van der Waals surface area contributed by atoms with Gasteiger partial charge in [-0.25, -0.2) is 14.4 Å². The van der Waals surface area contributed by atoms with Gasteiger partial charge in [-0.05, 0) is 69.7 Å². The Morgan fingerprint density at radius 3 is 2.37 bits per heavy atom. The number of carbonyl (C=O) groups is 5. The number of ether oxygens (including phenoxy) is 1. The molecule has 14 heteroatoms. The Balaban J connectivity index is 1.37. The number of carboxylic acids is 1. The molecule has 1 aromatic carbocycles. The van der Waals surface area contributed by atoms with Crippen LogP contribution in [0.5, 0.6) is 0 Å². The minimum atomic E-state index is -1.47. The van der Waals surface area contributed by atoms with Gasteiger partial charge in [0.25, 0.3) is 0 Å². The summed E-state index contributed by atoms with van der Waals surface area (Å²) in [5.41, 5.74) is -0.332. The number of rotatable bonds is 3. The number of aliphatic carboxylic acids is 1. The van der Waals surface area contributed by atoms with Crippen molar-refractivity contribution >= 4 is 53.1 Å². The first-order valence-electron chi connectivity index (χ1n) is 15.7. The lowest BCUT2D eigenvalue weighted by Gasteiger charge is -2.30. The maximum Gasteiger partial charge on any atom is 0.410 e. The molecule has 0 aromatic heterocycles. The maximum atomic E-state index is 14.1. The third-order valence-electron chi connectivity index (χ3n) is 8.91. The summed E-state index contributed by atoms with van der Waals surface area (Å²) >= 11 is 12.3. The van der Waals surface area contributed by atoms with Crippen LogP contribution < -0.4 is 16.0 Å². The van der Waals surface area contributed by atoms with Crippen molar-refractivity contribution in [1.29, 1.82) is 0 Å². The predicted molar refractivity (Wildman–Crippen MR) is 170 cm³/mol. The first kappa shape index (κ1) is 33.8. The van der Waals surface area contributed by atoms with Gasteiger partial charge in [0.05, 0.1) is 16.6 Å². The van der Waals surface area contributed by atoms with E-state index in [-0.39, 0.29) is 38.4 Å². The normalized spacial score (nSPS) is 28.9. The summed E-state index contributed by atoms with van der Waals surface area (Å²) in [6, 6.07) is 0.847. The van der Waals surface area contributed by atoms with Gasteiger partial charge in [-0.1, -0.05) is 48.2 Å².